The van der Waals surface area contributed by atoms with Gasteiger partial charge in [-0.1, -0.05) is 18.2 Å². The van der Waals surface area contributed by atoms with E-state index >= 15 is 0 Å². The van der Waals surface area contributed by atoms with E-state index in [1.807, 2.05) is 11.4 Å². The third-order valence-electron chi connectivity index (χ3n) is 3.14. The van der Waals surface area contributed by atoms with Gasteiger partial charge in [-0.25, -0.2) is 0 Å². The van der Waals surface area contributed by atoms with E-state index in [4.69, 9.17) is 10.5 Å². The predicted molar refractivity (Wildman–Crippen MR) is 84.3 cm³/mol. The van der Waals surface area contributed by atoms with E-state index < -0.39 is 35.3 Å². The van der Waals surface area contributed by atoms with Gasteiger partial charge in [0.1, 0.15) is 29.1 Å². The number of amides is 1. The summed E-state index contributed by atoms with van der Waals surface area (Å²) in [6.45, 7) is -0.699. The molecule has 9 nitrogen and oxygen atoms in total. The number of H-pyrrole nitrogens is 1. The SMILES string of the molecule is N=Cc1c([NH2+]c2ccccc2)[nH]c(=O)c(C(=O)NCC(=O)O)c1O. The fourth-order valence-electron chi connectivity index (χ4n) is 2.05. The van der Waals surface area contributed by atoms with Crippen molar-refractivity contribution >= 4 is 29.6 Å². The lowest BCUT2D eigenvalue weighted by molar-refractivity contribution is -0.483. The molecule has 2 rings (SSSR count). The number of carbonyl (C=O) groups is 2. The van der Waals surface area contributed by atoms with Crippen LogP contribution >= 0.6 is 0 Å². The van der Waals surface area contributed by atoms with E-state index in [2.05, 4.69) is 4.98 Å². The maximum Gasteiger partial charge on any atom is 0.322 e. The van der Waals surface area contributed by atoms with E-state index in [-0.39, 0.29) is 11.4 Å². The van der Waals surface area contributed by atoms with Gasteiger partial charge in [0.15, 0.2) is 0 Å². The molecule has 0 atom stereocenters. The number of aromatic amines is 1. The van der Waals surface area contributed by atoms with Crippen molar-refractivity contribution in [2.45, 2.75) is 0 Å². The number of quaternary nitrogens is 1. The Labute approximate surface area is 135 Å². The Morgan fingerprint density at radius 3 is 2.54 bits per heavy atom. The number of nitrogens with one attached hydrogen (secondary N) is 3. The van der Waals surface area contributed by atoms with E-state index in [1.165, 1.54) is 0 Å². The van der Waals surface area contributed by atoms with Crippen molar-refractivity contribution in [3.8, 4) is 5.75 Å². The van der Waals surface area contributed by atoms with Crippen molar-refractivity contribution in [1.29, 1.82) is 5.41 Å². The standard InChI is InChI=1S/C15H14N4O5/c16-6-9-12(22)11(14(23)17-7-10(20)21)15(24)19-13(9)18-8-4-2-1-3-5-8/h1-6,16H,7H2,(H,17,23)(H,20,21)(H3,18,19,22,24)/p+1. The summed E-state index contributed by atoms with van der Waals surface area (Å²) >= 11 is 0. The fourth-order valence-corrected chi connectivity index (χ4v) is 2.05. The first-order chi connectivity index (χ1) is 11.4. The molecule has 0 aliphatic carbocycles. The molecular weight excluding hydrogens is 316 g/mol. The van der Waals surface area contributed by atoms with Gasteiger partial charge in [-0.05, 0) is 12.1 Å². The lowest BCUT2D eigenvalue weighted by Crippen LogP contribution is -2.72. The Morgan fingerprint density at radius 1 is 1.29 bits per heavy atom. The quantitative estimate of drug-likeness (QED) is 0.308. The molecule has 0 fully saturated rings. The van der Waals surface area contributed by atoms with Crippen LogP contribution in [0.4, 0.5) is 11.5 Å². The molecule has 1 aromatic carbocycles. The van der Waals surface area contributed by atoms with Crippen LogP contribution in [-0.2, 0) is 4.79 Å². The number of benzene rings is 1. The Kier molecular flexibility index (Phi) is 5.07. The Bertz CT molecular complexity index is 845. The van der Waals surface area contributed by atoms with E-state index in [9.17, 15) is 19.5 Å². The minimum Gasteiger partial charge on any atom is -0.506 e. The Hall–Kier alpha value is -3.46. The lowest BCUT2D eigenvalue weighted by Gasteiger charge is -2.09. The molecule has 1 heterocycles. The highest BCUT2D eigenvalue weighted by Gasteiger charge is 2.24. The number of rotatable bonds is 6. The van der Waals surface area contributed by atoms with Crippen LogP contribution in [0.5, 0.6) is 5.75 Å². The molecule has 0 aliphatic heterocycles. The molecule has 1 amide bonds. The number of carboxylic acids is 1. The maximum atomic E-state index is 12.1. The number of pyridine rings is 1. The number of hydrogen-bond acceptors (Lipinski definition) is 5. The first kappa shape index (κ1) is 16.9. The monoisotopic (exact) mass is 331 g/mol. The van der Waals surface area contributed by atoms with E-state index in [0.29, 0.717) is 0 Å². The first-order valence-electron chi connectivity index (χ1n) is 6.83. The van der Waals surface area contributed by atoms with Crippen LogP contribution in [0.2, 0.25) is 0 Å². The summed E-state index contributed by atoms with van der Waals surface area (Å²) in [5, 5.41) is 29.7. The van der Waals surface area contributed by atoms with Crippen LogP contribution < -0.4 is 16.2 Å². The predicted octanol–water partition coefficient (Wildman–Crippen LogP) is -0.581. The summed E-state index contributed by atoms with van der Waals surface area (Å²) in [6, 6.07) is 8.89. The zero-order chi connectivity index (χ0) is 17.7. The summed E-state index contributed by atoms with van der Waals surface area (Å²) < 4.78 is 0. The molecule has 7 N–H and O–H groups in total. The number of nitrogens with two attached hydrogens (primary N) is 1. The number of para-hydroxylation sites is 1. The van der Waals surface area contributed by atoms with Gasteiger partial charge in [0.25, 0.3) is 11.5 Å². The van der Waals surface area contributed by atoms with Gasteiger partial charge < -0.3 is 20.9 Å². The summed E-state index contributed by atoms with van der Waals surface area (Å²) in [4.78, 5) is 36.9. The first-order valence-corrected chi connectivity index (χ1v) is 6.83. The van der Waals surface area contributed by atoms with Crippen molar-refractivity contribution in [3.63, 3.8) is 0 Å². The molecular formula is C15H15N4O5+. The van der Waals surface area contributed by atoms with Crippen molar-refractivity contribution in [1.82, 2.24) is 10.3 Å². The minimum atomic E-state index is -1.29. The van der Waals surface area contributed by atoms with Crippen molar-refractivity contribution in [2.24, 2.45) is 0 Å². The molecule has 0 unspecified atom stereocenters. The third kappa shape index (κ3) is 3.65. The highest BCUT2D eigenvalue weighted by molar-refractivity contribution is 6.01. The van der Waals surface area contributed by atoms with Crippen LogP contribution in [0.3, 0.4) is 0 Å². The average molecular weight is 331 g/mol. The smallest absolute Gasteiger partial charge is 0.322 e. The minimum absolute atomic E-state index is 0.0565. The van der Waals surface area contributed by atoms with Gasteiger partial charge in [-0.2, -0.15) is 0 Å². The fraction of sp³-hybridized carbons (Fsp3) is 0.0667. The van der Waals surface area contributed by atoms with Gasteiger partial charge in [0, 0.05) is 6.21 Å². The molecule has 0 bridgehead atoms. The van der Waals surface area contributed by atoms with Gasteiger partial charge in [0.2, 0.25) is 5.82 Å². The maximum absolute atomic E-state index is 12.1. The zero-order valence-electron chi connectivity index (χ0n) is 12.4. The topological polar surface area (TPSA) is 160 Å². The normalized spacial score (nSPS) is 10.2. The van der Waals surface area contributed by atoms with Crippen molar-refractivity contribution in [3.05, 3.63) is 51.8 Å². The molecule has 24 heavy (non-hydrogen) atoms. The number of carboxylic acid groups (broad SMARTS) is 1. The van der Waals surface area contributed by atoms with E-state index in [0.717, 1.165) is 11.9 Å². The highest BCUT2D eigenvalue weighted by atomic mass is 16.4. The second kappa shape index (κ2) is 7.20. The van der Waals surface area contributed by atoms with Gasteiger partial charge in [0.05, 0.1) is 0 Å². The van der Waals surface area contributed by atoms with Gasteiger partial charge in [-0.15, -0.1) is 0 Å². The largest absolute Gasteiger partial charge is 0.506 e. The Balaban J connectivity index is 2.43. The van der Waals surface area contributed by atoms with Crippen molar-refractivity contribution in [2.75, 3.05) is 6.54 Å². The summed E-state index contributed by atoms with van der Waals surface area (Å²) in [6.07, 6.45) is 0.800. The number of carbonyl (C=O) groups excluding carboxylic acids is 1. The molecule has 124 valence electrons. The van der Waals surface area contributed by atoms with Gasteiger partial charge in [-0.3, -0.25) is 24.7 Å². The van der Waals surface area contributed by atoms with Crippen LogP contribution in [-0.4, -0.2) is 39.8 Å². The van der Waals surface area contributed by atoms with E-state index in [1.54, 1.807) is 29.6 Å². The summed E-state index contributed by atoms with van der Waals surface area (Å²) in [5.74, 6) is -2.85. The van der Waals surface area contributed by atoms with Crippen molar-refractivity contribution < 1.29 is 25.1 Å². The summed E-state index contributed by atoms with van der Waals surface area (Å²) in [7, 11) is 0. The molecule has 0 saturated heterocycles. The molecule has 9 heteroatoms. The molecule has 2 aromatic rings. The molecule has 0 spiro atoms. The van der Waals surface area contributed by atoms with Crippen LogP contribution in [0.15, 0.2) is 35.1 Å². The summed E-state index contributed by atoms with van der Waals surface area (Å²) in [5.41, 5.74) is -0.860. The highest BCUT2D eigenvalue weighted by Crippen LogP contribution is 2.21. The second-order valence-corrected chi connectivity index (χ2v) is 4.78. The van der Waals surface area contributed by atoms with Crippen LogP contribution in [0.25, 0.3) is 0 Å². The number of aromatic nitrogens is 1. The number of hydrogen-bond donors (Lipinski definition) is 6. The molecule has 1 aromatic heterocycles. The number of aliphatic carboxylic acids is 1. The molecule has 0 aliphatic rings. The molecule has 0 saturated carbocycles. The van der Waals surface area contributed by atoms with Gasteiger partial charge >= 0.3 is 5.97 Å². The lowest BCUT2D eigenvalue weighted by atomic mass is 10.1. The average Bonchev–Trinajstić information content (AvgIpc) is 2.54. The Morgan fingerprint density at radius 2 is 1.96 bits per heavy atom. The zero-order valence-corrected chi connectivity index (χ0v) is 12.4. The second-order valence-electron chi connectivity index (χ2n) is 4.78. The third-order valence-corrected chi connectivity index (χ3v) is 3.14. The number of aromatic hydroxyl groups is 1. The van der Waals surface area contributed by atoms with Crippen LogP contribution in [0, 0.1) is 5.41 Å². The van der Waals surface area contributed by atoms with Crippen LogP contribution in [0.1, 0.15) is 15.9 Å². The molecule has 0 radical (unpaired) electrons.